The molecule has 2 atom stereocenters. The summed E-state index contributed by atoms with van der Waals surface area (Å²) in [4.78, 5) is 11.4. The predicted molar refractivity (Wildman–Crippen MR) is 54.7 cm³/mol. The van der Waals surface area contributed by atoms with E-state index in [2.05, 4.69) is 33.0 Å². The minimum Gasteiger partial charge on any atom is -0.310 e. The number of nitrogens with one attached hydrogen (secondary N) is 1. The van der Waals surface area contributed by atoms with Gasteiger partial charge in [0.15, 0.2) is 0 Å². The summed E-state index contributed by atoms with van der Waals surface area (Å²) >= 11 is 0. The van der Waals surface area contributed by atoms with Crippen molar-refractivity contribution in [1.29, 1.82) is 0 Å². The van der Waals surface area contributed by atoms with Crippen LogP contribution in [0.25, 0.3) is 0 Å². The number of carbonyl (C=O) groups excluding carboxylic acids is 1. The first-order valence-corrected chi connectivity index (χ1v) is 5.21. The molecule has 0 aromatic heterocycles. The summed E-state index contributed by atoms with van der Waals surface area (Å²) in [6.07, 6.45) is 2.49. The first kappa shape index (κ1) is 10.7. The van der Waals surface area contributed by atoms with E-state index in [4.69, 9.17) is 0 Å². The molecular weight excluding hydrogens is 162 g/mol. The Balaban J connectivity index is 2.62. The number of piperidine rings is 1. The summed E-state index contributed by atoms with van der Waals surface area (Å²) in [5, 5.41) is 3.55. The van der Waals surface area contributed by atoms with Crippen molar-refractivity contribution in [1.82, 2.24) is 5.32 Å². The van der Waals surface area contributed by atoms with E-state index in [0.717, 1.165) is 12.8 Å². The monoisotopic (exact) mass is 183 g/mol. The third kappa shape index (κ3) is 2.80. The first-order chi connectivity index (χ1) is 5.93. The minimum absolute atomic E-state index is 0.198. The van der Waals surface area contributed by atoms with Crippen LogP contribution in [0.2, 0.25) is 0 Å². The van der Waals surface area contributed by atoms with Gasteiger partial charge in [0.1, 0.15) is 5.78 Å². The lowest BCUT2D eigenvalue weighted by Gasteiger charge is -2.38. The van der Waals surface area contributed by atoms with Crippen molar-refractivity contribution in [3.63, 3.8) is 0 Å². The van der Waals surface area contributed by atoms with Crippen LogP contribution < -0.4 is 5.32 Å². The van der Waals surface area contributed by atoms with Gasteiger partial charge in [0.05, 0.1) is 0 Å². The van der Waals surface area contributed by atoms with Crippen molar-refractivity contribution < 1.29 is 4.79 Å². The topological polar surface area (TPSA) is 29.1 Å². The lowest BCUT2D eigenvalue weighted by Crippen LogP contribution is -2.51. The van der Waals surface area contributed by atoms with E-state index in [9.17, 15) is 4.79 Å². The quantitative estimate of drug-likeness (QED) is 0.674. The van der Waals surface area contributed by atoms with Gasteiger partial charge in [-0.1, -0.05) is 27.7 Å². The molecule has 0 spiro atoms. The zero-order valence-corrected chi connectivity index (χ0v) is 9.18. The SMILES string of the molecule is CCC1CC(=O)CC(C(C)(C)C)N1. The highest BCUT2D eigenvalue weighted by Gasteiger charge is 2.32. The van der Waals surface area contributed by atoms with E-state index in [-0.39, 0.29) is 5.41 Å². The lowest BCUT2D eigenvalue weighted by molar-refractivity contribution is -0.122. The third-order valence-corrected chi connectivity index (χ3v) is 2.88. The van der Waals surface area contributed by atoms with Gasteiger partial charge in [-0.05, 0) is 11.8 Å². The highest BCUT2D eigenvalue weighted by Crippen LogP contribution is 2.26. The van der Waals surface area contributed by atoms with Crippen molar-refractivity contribution in [3.05, 3.63) is 0 Å². The second-order valence-electron chi connectivity index (χ2n) is 5.14. The van der Waals surface area contributed by atoms with E-state index in [0.29, 0.717) is 24.3 Å². The van der Waals surface area contributed by atoms with Gasteiger partial charge in [-0.15, -0.1) is 0 Å². The van der Waals surface area contributed by atoms with Crippen molar-refractivity contribution in [3.8, 4) is 0 Å². The number of rotatable bonds is 1. The van der Waals surface area contributed by atoms with Crippen LogP contribution in [0.15, 0.2) is 0 Å². The van der Waals surface area contributed by atoms with Crippen LogP contribution in [0.3, 0.4) is 0 Å². The smallest absolute Gasteiger partial charge is 0.136 e. The average molecular weight is 183 g/mol. The zero-order chi connectivity index (χ0) is 10.1. The van der Waals surface area contributed by atoms with Gasteiger partial charge in [-0.3, -0.25) is 4.79 Å². The van der Waals surface area contributed by atoms with Crippen LogP contribution in [0.1, 0.15) is 47.0 Å². The largest absolute Gasteiger partial charge is 0.310 e. The summed E-state index contributed by atoms with van der Waals surface area (Å²) in [6.45, 7) is 8.71. The molecule has 0 radical (unpaired) electrons. The normalized spacial score (nSPS) is 30.6. The van der Waals surface area contributed by atoms with E-state index < -0.39 is 0 Å². The first-order valence-electron chi connectivity index (χ1n) is 5.21. The minimum atomic E-state index is 0.198. The molecule has 0 amide bonds. The maximum absolute atomic E-state index is 11.4. The third-order valence-electron chi connectivity index (χ3n) is 2.88. The molecule has 76 valence electrons. The second-order valence-corrected chi connectivity index (χ2v) is 5.14. The zero-order valence-electron chi connectivity index (χ0n) is 9.18. The van der Waals surface area contributed by atoms with Crippen LogP contribution in [0.5, 0.6) is 0 Å². The van der Waals surface area contributed by atoms with Gasteiger partial charge in [-0.25, -0.2) is 0 Å². The molecule has 1 aliphatic heterocycles. The second kappa shape index (κ2) is 3.79. The fourth-order valence-corrected chi connectivity index (χ4v) is 1.81. The van der Waals surface area contributed by atoms with Gasteiger partial charge >= 0.3 is 0 Å². The Morgan fingerprint density at radius 2 is 2.00 bits per heavy atom. The highest BCUT2D eigenvalue weighted by molar-refractivity contribution is 5.80. The summed E-state index contributed by atoms with van der Waals surface area (Å²) in [5.74, 6) is 0.422. The molecule has 0 aliphatic carbocycles. The number of hydrogen-bond acceptors (Lipinski definition) is 2. The Morgan fingerprint density at radius 3 is 2.46 bits per heavy atom. The Kier molecular flexibility index (Phi) is 3.12. The molecule has 1 heterocycles. The molecule has 1 saturated heterocycles. The van der Waals surface area contributed by atoms with Gasteiger partial charge in [0.2, 0.25) is 0 Å². The summed E-state index contributed by atoms with van der Waals surface area (Å²) in [7, 11) is 0. The molecule has 0 bridgehead atoms. The van der Waals surface area contributed by atoms with Crippen molar-refractivity contribution in [2.75, 3.05) is 0 Å². The van der Waals surface area contributed by atoms with Crippen molar-refractivity contribution in [2.45, 2.75) is 59.0 Å². The Labute approximate surface area is 81.1 Å². The van der Waals surface area contributed by atoms with E-state index in [1.54, 1.807) is 0 Å². The average Bonchev–Trinajstić information content (AvgIpc) is 2.01. The predicted octanol–water partition coefficient (Wildman–Crippen LogP) is 2.13. The molecule has 1 rings (SSSR count). The number of hydrogen-bond donors (Lipinski definition) is 1. The van der Waals surface area contributed by atoms with Crippen LogP contribution in [-0.2, 0) is 4.79 Å². The molecule has 0 saturated carbocycles. The Hall–Kier alpha value is -0.370. The van der Waals surface area contributed by atoms with Crippen LogP contribution >= 0.6 is 0 Å². The number of Topliss-reactive ketones (excluding diaryl/α,β-unsaturated/α-hetero) is 1. The molecule has 2 nitrogen and oxygen atoms in total. The van der Waals surface area contributed by atoms with Crippen LogP contribution in [0, 0.1) is 5.41 Å². The summed E-state index contributed by atoms with van der Waals surface area (Å²) < 4.78 is 0. The van der Waals surface area contributed by atoms with Crippen molar-refractivity contribution in [2.24, 2.45) is 5.41 Å². The van der Waals surface area contributed by atoms with Gasteiger partial charge in [0, 0.05) is 24.9 Å². The van der Waals surface area contributed by atoms with E-state index in [1.165, 1.54) is 0 Å². The Bertz CT molecular complexity index is 193. The number of ketones is 1. The molecular formula is C11H21NO. The van der Waals surface area contributed by atoms with E-state index in [1.807, 2.05) is 0 Å². The molecule has 1 fully saturated rings. The van der Waals surface area contributed by atoms with E-state index >= 15 is 0 Å². The molecule has 2 heteroatoms. The highest BCUT2D eigenvalue weighted by atomic mass is 16.1. The van der Waals surface area contributed by atoms with Gasteiger partial charge < -0.3 is 5.32 Å². The maximum atomic E-state index is 11.4. The summed E-state index contributed by atoms with van der Waals surface area (Å²) in [5.41, 5.74) is 0.198. The standard InChI is InChI=1S/C11H21NO/c1-5-8-6-9(13)7-10(12-8)11(2,3)4/h8,10,12H,5-7H2,1-4H3. The molecule has 0 aromatic carbocycles. The van der Waals surface area contributed by atoms with Gasteiger partial charge in [0.25, 0.3) is 0 Å². The van der Waals surface area contributed by atoms with Crippen LogP contribution in [0.4, 0.5) is 0 Å². The molecule has 0 aromatic rings. The maximum Gasteiger partial charge on any atom is 0.136 e. The fourth-order valence-electron chi connectivity index (χ4n) is 1.81. The van der Waals surface area contributed by atoms with Crippen molar-refractivity contribution >= 4 is 5.78 Å². The molecule has 1 N–H and O–H groups in total. The lowest BCUT2D eigenvalue weighted by atomic mass is 9.80. The number of carbonyl (C=O) groups is 1. The Morgan fingerprint density at radius 1 is 1.38 bits per heavy atom. The summed E-state index contributed by atoms with van der Waals surface area (Å²) in [6, 6.07) is 0.768. The fraction of sp³-hybridized carbons (Fsp3) is 0.909. The van der Waals surface area contributed by atoms with Crippen LogP contribution in [-0.4, -0.2) is 17.9 Å². The molecule has 2 unspecified atom stereocenters. The molecule has 13 heavy (non-hydrogen) atoms. The molecule has 1 aliphatic rings. The van der Waals surface area contributed by atoms with Gasteiger partial charge in [-0.2, -0.15) is 0 Å².